The minimum absolute atomic E-state index is 0.0535. The largest absolute Gasteiger partial charge is 0.228 e. The molecule has 47 heavy (non-hydrogen) atoms. The predicted molar refractivity (Wildman–Crippen MR) is 196 cm³/mol. The van der Waals surface area contributed by atoms with Crippen LogP contribution >= 0.6 is 0 Å². The fraction of sp³-hybridized carbons (Fsp3) is 0.0667. The van der Waals surface area contributed by atoms with Gasteiger partial charge in [-0.2, -0.15) is 0 Å². The lowest BCUT2D eigenvalue weighted by molar-refractivity contribution is 0.661. The first-order chi connectivity index (χ1) is 23.0. The molecule has 0 saturated carbocycles. The number of rotatable bonds is 4. The first kappa shape index (κ1) is 27.5. The van der Waals surface area contributed by atoms with E-state index >= 15 is 0 Å². The van der Waals surface area contributed by atoms with E-state index in [9.17, 15) is 0 Å². The van der Waals surface area contributed by atoms with Gasteiger partial charge in [-0.3, -0.25) is 0 Å². The maximum absolute atomic E-state index is 5.19. The number of nitrogens with zero attached hydrogens (tertiary/aromatic N) is 2. The van der Waals surface area contributed by atoms with Gasteiger partial charge in [0, 0.05) is 22.1 Å². The molecule has 0 spiro atoms. The highest BCUT2D eigenvalue weighted by Gasteiger charge is 2.35. The summed E-state index contributed by atoms with van der Waals surface area (Å²) in [5.74, 6) is 0.719. The third-order valence-corrected chi connectivity index (χ3v) is 9.88. The van der Waals surface area contributed by atoms with E-state index in [0.717, 1.165) is 33.9 Å². The molecular weight excluding hydrogens is 569 g/mol. The van der Waals surface area contributed by atoms with Crippen molar-refractivity contribution in [2.24, 2.45) is 0 Å². The number of benzene rings is 7. The Morgan fingerprint density at radius 3 is 1.70 bits per heavy atom. The van der Waals surface area contributed by atoms with Gasteiger partial charge in [0.25, 0.3) is 0 Å². The second kappa shape index (κ2) is 10.6. The predicted octanol–water partition coefficient (Wildman–Crippen LogP) is 11.8. The van der Waals surface area contributed by atoms with Gasteiger partial charge in [-0.05, 0) is 79.2 Å². The average molecular weight is 601 g/mol. The van der Waals surface area contributed by atoms with E-state index in [2.05, 4.69) is 159 Å². The molecule has 0 amide bonds. The third kappa shape index (κ3) is 4.56. The van der Waals surface area contributed by atoms with Gasteiger partial charge in [0.15, 0.2) is 5.82 Å². The zero-order valence-corrected chi connectivity index (χ0v) is 26.4. The Labute approximate surface area is 275 Å². The van der Waals surface area contributed by atoms with Crippen molar-refractivity contribution in [3.8, 4) is 56.2 Å². The molecular formula is C45H32N2. The van der Waals surface area contributed by atoms with Crippen molar-refractivity contribution in [3.63, 3.8) is 0 Å². The standard InChI is InChI=1S/C45H32N2/c1-45(2)40-16-10-9-15-36(40)39-25-34-23-19-31-20-24-35(26-37(31)38(34)27-41(39)45)43-28-42(32-13-7-4-8-14-32)46-44(47-43)33-21-17-30(18-22-33)29-11-5-3-6-12-29/h3-28H,1-2H3. The zero-order chi connectivity index (χ0) is 31.5. The summed E-state index contributed by atoms with van der Waals surface area (Å²) in [7, 11) is 0. The van der Waals surface area contributed by atoms with Crippen LogP contribution in [0.5, 0.6) is 0 Å². The van der Waals surface area contributed by atoms with E-state index < -0.39 is 0 Å². The molecule has 0 fully saturated rings. The third-order valence-electron chi connectivity index (χ3n) is 9.88. The Balaban J connectivity index is 1.20. The molecule has 0 bridgehead atoms. The number of aromatic nitrogens is 2. The lowest BCUT2D eigenvalue weighted by atomic mass is 9.81. The number of hydrogen-bond acceptors (Lipinski definition) is 2. The average Bonchev–Trinajstić information content (AvgIpc) is 3.36. The normalized spacial score (nSPS) is 13.1. The molecule has 1 heterocycles. The molecule has 0 radical (unpaired) electrons. The van der Waals surface area contributed by atoms with Gasteiger partial charge in [0.05, 0.1) is 11.4 Å². The van der Waals surface area contributed by atoms with E-state index in [1.807, 2.05) is 12.1 Å². The Hall–Kier alpha value is -5.86. The van der Waals surface area contributed by atoms with Crippen LogP contribution < -0.4 is 0 Å². The van der Waals surface area contributed by atoms with Gasteiger partial charge < -0.3 is 0 Å². The Bertz CT molecular complexity index is 2460. The molecule has 0 N–H and O–H groups in total. The van der Waals surface area contributed by atoms with Crippen LogP contribution in [0.4, 0.5) is 0 Å². The van der Waals surface area contributed by atoms with Gasteiger partial charge in [-0.1, -0.05) is 147 Å². The molecule has 0 saturated heterocycles. The minimum atomic E-state index is -0.0535. The SMILES string of the molecule is CC1(C)c2ccccc2-c2cc3ccc4ccc(-c5cc(-c6ccccc6)nc(-c6ccc(-c7ccccc7)cc6)n5)cc4c3cc21. The number of hydrogen-bond donors (Lipinski definition) is 0. The minimum Gasteiger partial charge on any atom is -0.228 e. The fourth-order valence-corrected chi connectivity index (χ4v) is 7.33. The zero-order valence-electron chi connectivity index (χ0n) is 26.4. The second-order valence-corrected chi connectivity index (χ2v) is 13.1. The van der Waals surface area contributed by atoms with Crippen molar-refractivity contribution in [2.45, 2.75) is 19.3 Å². The van der Waals surface area contributed by atoms with E-state index in [-0.39, 0.29) is 5.41 Å². The van der Waals surface area contributed by atoms with E-state index in [1.165, 1.54) is 54.9 Å². The smallest absolute Gasteiger partial charge is 0.160 e. The first-order valence-electron chi connectivity index (χ1n) is 16.2. The molecule has 2 heteroatoms. The fourth-order valence-electron chi connectivity index (χ4n) is 7.33. The molecule has 1 aromatic heterocycles. The molecule has 0 aliphatic heterocycles. The molecule has 222 valence electrons. The van der Waals surface area contributed by atoms with Crippen LogP contribution in [-0.4, -0.2) is 9.97 Å². The summed E-state index contributed by atoms with van der Waals surface area (Å²) in [5, 5.41) is 5.00. The van der Waals surface area contributed by atoms with Gasteiger partial charge in [0.2, 0.25) is 0 Å². The van der Waals surface area contributed by atoms with Crippen LogP contribution in [0.1, 0.15) is 25.0 Å². The van der Waals surface area contributed by atoms with Crippen molar-refractivity contribution in [2.75, 3.05) is 0 Å². The van der Waals surface area contributed by atoms with E-state index in [4.69, 9.17) is 9.97 Å². The Kier molecular flexibility index (Phi) is 6.20. The summed E-state index contributed by atoms with van der Waals surface area (Å²) >= 11 is 0. The molecule has 1 aliphatic carbocycles. The maximum atomic E-state index is 5.19. The van der Waals surface area contributed by atoms with Crippen molar-refractivity contribution < 1.29 is 0 Å². The summed E-state index contributed by atoms with van der Waals surface area (Å²) in [4.78, 5) is 10.3. The molecule has 2 nitrogen and oxygen atoms in total. The van der Waals surface area contributed by atoms with Crippen LogP contribution in [0, 0.1) is 0 Å². The van der Waals surface area contributed by atoms with Gasteiger partial charge in [-0.25, -0.2) is 9.97 Å². The van der Waals surface area contributed by atoms with E-state index in [1.54, 1.807) is 0 Å². The monoisotopic (exact) mass is 600 g/mol. The maximum Gasteiger partial charge on any atom is 0.160 e. The summed E-state index contributed by atoms with van der Waals surface area (Å²) < 4.78 is 0. The van der Waals surface area contributed by atoms with Crippen LogP contribution in [0.15, 0.2) is 158 Å². The Morgan fingerprint density at radius 2 is 0.936 bits per heavy atom. The highest BCUT2D eigenvalue weighted by molar-refractivity contribution is 6.10. The lowest BCUT2D eigenvalue weighted by Gasteiger charge is -2.22. The van der Waals surface area contributed by atoms with Crippen LogP contribution in [0.2, 0.25) is 0 Å². The summed E-state index contributed by atoms with van der Waals surface area (Å²) in [6, 6.07) is 56.5. The highest BCUT2D eigenvalue weighted by Crippen LogP contribution is 2.50. The molecule has 0 unspecified atom stereocenters. The molecule has 1 aliphatic rings. The van der Waals surface area contributed by atoms with Crippen molar-refractivity contribution in [1.82, 2.24) is 9.97 Å². The van der Waals surface area contributed by atoms with Crippen LogP contribution in [-0.2, 0) is 5.41 Å². The van der Waals surface area contributed by atoms with Crippen molar-refractivity contribution in [1.29, 1.82) is 0 Å². The molecule has 8 aromatic rings. The summed E-state index contributed by atoms with van der Waals surface area (Å²) in [5.41, 5.74) is 12.8. The highest BCUT2D eigenvalue weighted by atomic mass is 14.9. The van der Waals surface area contributed by atoms with Crippen molar-refractivity contribution in [3.05, 3.63) is 169 Å². The number of fused-ring (bicyclic) bond motifs is 6. The van der Waals surface area contributed by atoms with Crippen molar-refractivity contribution >= 4 is 21.5 Å². The van der Waals surface area contributed by atoms with Crippen LogP contribution in [0.3, 0.4) is 0 Å². The molecule has 9 rings (SSSR count). The lowest BCUT2D eigenvalue weighted by Crippen LogP contribution is -2.14. The van der Waals surface area contributed by atoms with Gasteiger partial charge >= 0.3 is 0 Å². The Morgan fingerprint density at radius 1 is 0.383 bits per heavy atom. The summed E-state index contributed by atoms with van der Waals surface area (Å²) in [6.45, 7) is 4.69. The quantitative estimate of drug-likeness (QED) is 0.188. The topological polar surface area (TPSA) is 25.8 Å². The van der Waals surface area contributed by atoms with E-state index in [0.29, 0.717) is 0 Å². The first-order valence-corrected chi connectivity index (χ1v) is 16.2. The van der Waals surface area contributed by atoms with Gasteiger partial charge in [0.1, 0.15) is 0 Å². The van der Waals surface area contributed by atoms with Crippen LogP contribution in [0.25, 0.3) is 77.7 Å². The summed E-state index contributed by atoms with van der Waals surface area (Å²) in [6.07, 6.45) is 0. The van der Waals surface area contributed by atoms with Gasteiger partial charge in [-0.15, -0.1) is 0 Å². The second-order valence-electron chi connectivity index (χ2n) is 13.1. The molecule has 7 aromatic carbocycles. The molecule has 0 atom stereocenters.